The molecule has 0 atom stereocenters. The molecule has 1 aromatic carbocycles. The van der Waals surface area contributed by atoms with E-state index >= 15 is 0 Å². The van der Waals surface area contributed by atoms with Gasteiger partial charge in [0.25, 0.3) is 0 Å². The van der Waals surface area contributed by atoms with Crippen molar-refractivity contribution in [1.82, 2.24) is 0 Å². The molecule has 0 radical (unpaired) electrons. The quantitative estimate of drug-likeness (QED) is 0.328. The van der Waals surface area contributed by atoms with E-state index in [4.69, 9.17) is 25.6 Å². The van der Waals surface area contributed by atoms with Gasteiger partial charge in [-0.05, 0) is 17.7 Å². The number of hydrogen-bond donors (Lipinski definition) is 3. The van der Waals surface area contributed by atoms with Gasteiger partial charge in [0, 0.05) is 24.6 Å². The Bertz CT molecular complexity index is 848. The average Bonchev–Trinajstić information content (AvgIpc) is 2.47. The number of hydrogen-bond acceptors (Lipinski definition) is 7. The predicted molar refractivity (Wildman–Crippen MR) is 81.8 cm³/mol. The van der Waals surface area contributed by atoms with Crippen LogP contribution in [0.2, 0.25) is 0 Å². The average molecular weight is 299 g/mol. The number of methoxy groups -OCH3 is 1. The van der Waals surface area contributed by atoms with Crippen molar-refractivity contribution in [3.05, 3.63) is 40.2 Å². The van der Waals surface area contributed by atoms with Gasteiger partial charge in [0.1, 0.15) is 11.7 Å². The van der Waals surface area contributed by atoms with E-state index in [0.29, 0.717) is 16.8 Å². The third-order valence-electron chi connectivity index (χ3n) is 2.79. The normalized spacial score (nSPS) is 11.2. The van der Waals surface area contributed by atoms with Crippen LogP contribution in [-0.4, -0.2) is 18.7 Å². The van der Waals surface area contributed by atoms with Gasteiger partial charge in [-0.15, -0.1) is 0 Å². The van der Waals surface area contributed by atoms with Gasteiger partial charge in [0.2, 0.25) is 5.71 Å². The van der Waals surface area contributed by atoms with Gasteiger partial charge in [-0.25, -0.2) is 4.79 Å². The standard InChI is InChI=1S/C14H13N5O3/c1-21-7-8-4-13(20)22-12-5-9(2-3-10(8)12)18-19-11(6-15)14(16)17/h2-5,18H,7H2,1H3,(H3,16,17)/b19-11+. The minimum atomic E-state index is -0.485. The second-order valence-corrected chi connectivity index (χ2v) is 4.33. The van der Waals surface area contributed by atoms with Gasteiger partial charge < -0.3 is 14.9 Å². The fourth-order valence-corrected chi connectivity index (χ4v) is 1.84. The molecular formula is C14H13N5O3. The molecule has 8 nitrogen and oxygen atoms in total. The van der Waals surface area contributed by atoms with Gasteiger partial charge >= 0.3 is 5.63 Å². The summed E-state index contributed by atoms with van der Waals surface area (Å²) in [5.74, 6) is -0.440. The molecule has 8 heteroatoms. The van der Waals surface area contributed by atoms with Crippen LogP contribution in [0.25, 0.3) is 11.0 Å². The van der Waals surface area contributed by atoms with Crippen LogP contribution in [0.4, 0.5) is 5.69 Å². The number of nitriles is 1. The summed E-state index contributed by atoms with van der Waals surface area (Å²) >= 11 is 0. The Balaban J connectivity index is 2.41. The van der Waals surface area contributed by atoms with E-state index in [1.165, 1.54) is 13.2 Å². The maximum absolute atomic E-state index is 11.5. The summed E-state index contributed by atoms with van der Waals surface area (Å²) in [5.41, 5.74) is 8.62. The highest BCUT2D eigenvalue weighted by molar-refractivity contribution is 6.45. The molecule has 0 saturated heterocycles. The zero-order valence-corrected chi connectivity index (χ0v) is 11.7. The Labute approximate surface area is 125 Å². The zero-order valence-electron chi connectivity index (χ0n) is 11.7. The van der Waals surface area contributed by atoms with Gasteiger partial charge in [0.15, 0.2) is 5.84 Å². The summed E-state index contributed by atoms with van der Waals surface area (Å²) in [7, 11) is 1.54. The van der Waals surface area contributed by atoms with Crippen molar-refractivity contribution >= 4 is 28.2 Å². The summed E-state index contributed by atoms with van der Waals surface area (Å²) in [4.78, 5) is 11.5. The molecule has 0 saturated carbocycles. The van der Waals surface area contributed by atoms with Crippen molar-refractivity contribution in [2.24, 2.45) is 10.8 Å². The second-order valence-electron chi connectivity index (χ2n) is 4.33. The Hall–Kier alpha value is -3.18. The summed E-state index contributed by atoms with van der Waals surface area (Å²) in [6.07, 6.45) is 0. The maximum Gasteiger partial charge on any atom is 0.336 e. The number of nitrogens with two attached hydrogens (primary N) is 1. The Kier molecular flexibility index (Phi) is 4.50. The van der Waals surface area contributed by atoms with Gasteiger partial charge in [-0.2, -0.15) is 10.4 Å². The van der Waals surface area contributed by atoms with E-state index in [-0.39, 0.29) is 12.3 Å². The summed E-state index contributed by atoms with van der Waals surface area (Å²) < 4.78 is 10.2. The molecule has 0 fully saturated rings. The molecule has 0 aliphatic heterocycles. The van der Waals surface area contributed by atoms with Crippen LogP contribution in [0.1, 0.15) is 5.56 Å². The first kappa shape index (κ1) is 15.2. The number of amidine groups is 1. The van der Waals surface area contributed by atoms with E-state index in [9.17, 15) is 4.79 Å². The van der Waals surface area contributed by atoms with Crippen LogP contribution < -0.4 is 16.8 Å². The molecule has 0 aliphatic carbocycles. The molecule has 2 rings (SSSR count). The molecule has 0 amide bonds. The number of fused-ring (bicyclic) bond motifs is 1. The van der Waals surface area contributed by atoms with Gasteiger partial charge in [0.05, 0.1) is 12.3 Å². The lowest BCUT2D eigenvalue weighted by Crippen LogP contribution is -2.21. The lowest BCUT2D eigenvalue weighted by molar-refractivity contribution is 0.185. The first-order valence-corrected chi connectivity index (χ1v) is 6.19. The summed E-state index contributed by atoms with van der Waals surface area (Å²) in [6, 6.07) is 8.07. The molecule has 0 aliphatic rings. The minimum absolute atomic E-state index is 0.241. The number of rotatable bonds is 5. The number of anilines is 1. The Morgan fingerprint density at radius 3 is 2.95 bits per heavy atom. The van der Waals surface area contributed by atoms with Crippen molar-refractivity contribution in [2.45, 2.75) is 6.61 Å². The second kappa shape index (κ2) is 6.51. The maximum atomic E-state index is 11.5. The van der Waals surface area contributed by atoms with Crippen LogP contribution in [-0.2, 0) is 11.3 Å². The van der Waals surface area contributed by atoms with Crippen LogP contribution >= 0.6 is 0 Å². The third-order valence-corrected chi connectivity index (χ3v) is 2.79. The van der Waals surface area contributed by atoms with Crippen molar-refractivity contribution in [2.75, 3.05) is 12.5 Å². The molecule has 2 aromatic rings. The third kappa shape index (κ3) is 3.28. The first-order chi connectivity index (χ1) is 10.5. The van der Waals surface area contributed by atoms with E-state index in [0.717, 1.165) is 5.39 Å². The van der Waals surface area contributed by atoms with E-state index < -0.39 is 11.5 Å². The topological polar surface area (TPSA) is 137 Å². The Morgan fingerprint density at radius 1 is 1.55 bits per heavy atom. The van der Waals surface area contributed by atoms with Crippen LogP contribution in [0.15, 0.2) is 38.6 Å². The lowest BCUT2D eigenvalue weighted by Gasteiger charge is -2.06. The van der Waals surface area contributed by atoms with Crippen LogP contribution in [0, 0.1) is 16.7 Å². The van der Waals surface area contributed by atoms with Gasteiger partial charge in [-0.1, -0.05) is 0 Å². The molecule has 1 aromatic heterocycles. The fraction of sp³-hybridized carbons (Fsp3) is 0.143. The highest BCUT2D eigenvalue weighted by Crippen LogP contribution is 2.21. The van der Waals surface area contributed by atoms with E-state index in [2.05, 4.69) is 10.5 Å². The lowest BCUT2D eigenvalue weighted by atomic mass is 10.1. The van der Waals surface area contributed by atoms with Crippen LogP contribution in [0.5, 0.6) is 0 Å². The van der Waals surface area contributed by atoms with Crippen LogP contribution in [0.3, 0.4) is 0 Å². The predicted octanol–water partition coefficient (Wildman–Crippen LogP) is 1.17. The molecule has 4 N–H and O–H groups in total. The molecule has 1 heterocycles. The van der Waals surface area contributed by atoms with Crippen molar-refractivity contribution in [3.63, 3.8) is 0 Å². The highest BCUT2D eigenvalue weighted by atomic mass is 16.5. The van der Waals surface area contributed by atoms with Crippen molar-refractivity contribution < 1.29 is 9.15 Å². The number of ether oxygens (including phenoxy) is 1. The smallest absolute Gasteiger partial charge is 0.336 e. The number of hydrazone groups is 1. The highest BCUT2D eigenvalue weighted by Gasteiger charge is 2.07. The molecule has 0 unspecified atom stereocenters. The molecule has 112 valence electrons. The number of benzene rings is 1. The van der Waals surface area contributed by atoms with E-state index in [1.54, 1.807) is 24.3 Å². The molecule has 0 spiro atoms. The SMILES string of the molecule is COCc1cc(=O)oc2cc(N/N=C(\C#N)C(=N)N)ccc12. The summed E-state index contributed by atoms with van der Waals surface area (Å²) in [5, 5.41) is 20.4. The summed E-state index contributed by atoms with van der Waals surface area (Å²) in [6.45, 7) is 0.288. The largest absolute Gasteiger partial charge is 0.423 e. The zero-order chi connectivity index (χ0) is 16.1. The minimum Gasteiger partial charge on any atom is -0.423 e. The number of nitrogens with one attached hydrogen (secondary N) is 2. The molecule has 0 bridgehead atoms. The molecule has 22 heavy (non-hydrogen) atoms. The molecular weight excluding hydrogens is 286 g/mol. The Morgan fingerprint density at radius 2 is 2.32 bits per heavy atom. The first-order valence-electron chi connectivity index (χ1n) is 6.19. The van der Waals surface area contributed by atoms with Gasteiger partial charge in [-0.3, -0.25) is 10.8 Å². The monoisotopic (exact) mass is 299 g/mol. The van der Waals surface area contributed by atoms with E-state index in [1.807, 2.05) is 0 Å². The number of nitrogens with zero attached hydrogens (tertiary/aromatic N) is 2. The fourth-order valence-electron chi connectivity index (χ4n) is 1.84. The van der Waals surface area contributed by atoms with Crippen molar-refractivity contribution in [3.8, 4) is 6.07 Å². The van der Waals surface area contributed by atoms with Crippen molar-refractivity contribution in [1.29, 1.82) is 10.7 Å².